The lowest BCUT2D eigenvalue weighted by Crippen LogP contribution is -2.39. The number of carbonyl (C=O) groups excluding carboxylic acids is 2. The normalized spacial score (nSPS) is 16.0. The molecular formula is C22H22N4O3. The number of benzene rings is 2. The Morgan fingerprint density at radius 1 is 1.10 bits per heavy atom. The highest BCUT2D eigenvalue weighted by Gasteiger charge is 2.33. The van der Waals surface area contributed by atoms with Gasteiger partial charge in [0.15, 0.2) is 0 Å². The van der Waals surface area contributed by atoms with Crippen molar-refractivity contribution in [3.8, 4) is 11.5 Å². The maximum absolute atomic E-state index is 12.7. The van der Waals surface area contributed by atoms with Crippen molar-refractivity contribution in [1.82, 2.24) is 15.1 Å². The third-order valence-corrected chi connectivity index (χ3v) is 5.05. The van der Waals surface area contributed by atoms with Crippen molar-refractivity contribution in [3.63, 3.8) is 0 Å². The number of nitrogens with one attached hydrogen (secondary N) is 1. The molecule has 1 N–H and O–H groups in total. The fourth-order valence-electron chi connectivity index (χ4n) is 3.56. The van der Waals surface area contributed by atoms with Crippen LogP contribution in [0.25, 0.3) is 11.5 Å². The molecule has 7 heteroatoms. The van der Waals surface area contributed by atoms with Gasteiger partial charge in [0.2, 0.25) is 11.8 Å². The van der Waals surface area contributed by atoms with Crippen LogP contribution in [-0.4, -0.2) is 33.5 Å². The fraction of sp³-hybridized carbons (Fsp3) is 0.273. The van der Waals surface area contributed by atoms with E-state index in [-0.39, 0.29) is 6.04 Å². The Morgan fingerprint density at radius 3 is 2.55 bits per heavy atom. The Bertz CT molecular complexity index is 998. The number of anilines is 1. The summed E-state index contributed by atoms with van der Waals surface area (Å²) in [5.74, 6) is -0.142. The summed E-state index contributed by atoms with van der Waals surface area (Å²) in [7, 11) is 0. The molecule has 2 heterocycles. The molecular weight excluding hydrogens is 368 g/mol. The van der Waals surface area contributed by atoms with Crippen molar-refractivity contribution in [2.45, 2.75) is 32.2 Å². The Labute approximate surface area is 168 Å². The van der Waals surface area contributed by atoms with Crippen LogP contribution in [0.4, 0.5) is 5.69 Å². The highest BCUT2D eigenvalue weighted by atomic mass is 16.4. The van der Waals surface area contributed by atoms with Crippen molar-refractivity contribution in [3.05, 3.63) is 66.1 Å². The first kappa shape index (κ1) is 18.9. The lowest BCUT2D eigenvalue weighted by molar-refractivity contribution is -0.143. The minimum absolute atomic E-state index is 0.0536. The fourth-order valence-corrected chi connectivity index (χ4v) is 3.56. The summed E-state index contributed by atoms with van der Waals surface area (Å²) in [6, 6.07) is 16.8. The van der Waals surface area contributed by atoms with Gasteiger partial charge >= 0.3 is 11.8 Å². The molecule has 0 aliphatic carbocycles. The number of rotatable bonds is 4. The number of carbonyl (C=O) groups is 2. The van der Waals surface area contributed by atoms with Crippen LogP contribution in [0.2, 0.25) is 0 Å². The summed E-state index contributed by atoms with van der Waals surface area (Å²) in [4.78, 5) is 26.9. The second kappa shape index (κ2) is 8.26. The third-order valence-electron chi connectivity index (χ3n) is 5.05. The van der Waals surface area contributed by atoms with E-state index in [0.717, 1.165) is 24.0 Å². The number of hydrogen-bond acceptors (Lipinski definition) is 5. The number of aromatic nitrogens is 2. The number of amides is 2. The van der Waals surface area contributed by atoms with E-state index >= 15 is 0 Å². The van der Waals surface area contributed by atoms with Crippen molar-refractivity contribution >= 4 is 17.5 Å². The van der Waals surface area contributed by atoms with Gasteiger partial charge in [-0.3, -0.25) is 9.59 Å². The van der Waals surface area contributed by atoms with Gasteiger partial charge in [-0.05, 0) is 42.7 Å². The summed E-state index contributed by atoms with van der Waals surface area (Å²) in [6.07, 6.45) is 2.42. The molecule has 3 aromatic rings. The summed E-state index contributed by atoms with van der Waals surface area (Å²) in [5, 5.41) is 10.6. The molecule has 4 rings (SSSR count). The summed E-state index contributed by atoms with van der Waals surface area (Å²) >= 11 is 0. The van der Waals surface area contributed by atoms with E-state index in [2.05, 4.69) is 15.5 Å². The first-order valence-electron chi connectivity index (χ1n) is 9.75. The van der Waals surface area contributed by atoms with E-state index in [1.54, 1.807) is 29.2 Å². The average Bonchev–Trinajstić information content (AvgIpc) is 3.44. The second-order valence-electron chi connectivity index (χ2n) is 6.95. The zero-order valence-electron chi connectivity index (χ0n) is 16.2. The number of hydrogen-bond donors (Lipinski definition) is 1. The molecule has 7 nitrogen and oxygen atoms in total. The van der Waals surface area contributed by atoms with Crippen LogP contribution in [0, 0.1) is 0 Å². The lowest BCUT2D eigenvalue weighted by atomic mass is 10.0. The van der Waals surface area contributed by atoms with Gasteiger partial charge in [-0.1, -0.05) is 37.3 Å². The summed E-state index contributed by atoms with van der Waals surface area (Å²) in [6.45, 7) is 2.53. The van der Waals surface area contributed by atoms with Crippen molar-refractivity contribution in [1.29, 1.82) is 0 Å². The van der Waals surface area contributed by atoms with Crippen LogP contribution < -0.4 is 5.32 Å². The van der Waals surface area contributed by atoms with Gasteiger partial charge in [0.05, 0.1) is 6.04 Å². The van der Waals surface area contributed by atoms with Crippen molar-refractivity contribution in [2.24, 2.45) is 0 Å². The lowest BCUT2D eigenvalue weighted by Gasteiger charge is -2.24. The van der Waals surface area contributed by atoms with Gasteiger partial charge in [0, 0.05) is 24.2 Å². The van der Waals surface area contributed by atoms with Gasteiger partial charge in [0.1, 0.15) is 0 Å². The first-order valence-corrected chi connectivity index (χ1v) is 9.75. The number of nitrogens with zero attached hydrogens (tertiary/aromatic N) is 3. The smallest absolute Gasteiger partial charge is 0.313 e. The molecule has 0 saturated carbocycles. The molecule has 1 unspecified atom stereocenters. The molecule has 2 amide bonds. The molecule has 0 radical (unpaired) electrons. The van der Waals surface area contributed by atoms with Crippen molar-refractivity contribution < 1.29 is 14.0 Å². The Morgan fingerprint density at radius 2 is 1.86 bits per heavy atom. The topological polar surface area (TPSA) is 88.3 Å². The predicted octanol–water partition coefficient (Wildman–Crippen LogP) is 3.60. The molecule has 1 aromatic heterocycles. The van der Waals surface area contributed by atoms with Crippen LogP contribution in [0.3, 0.4) is 0 Å². The molecule has 0 bridgehead atoms. The highest BCUT2D eigenvalue weighted by Crippen LogP contribution is 2.32. The molecule has 148 valence electrons. The summed E-state index contributed by atoms with van der Waals surface area (Å²) < 4.78 is 5.53. The summed E-state index contributed by atoms with van der Waals surface area (Å²) in [5.41, 5.74) is 2.35. The van der Waals surface area contributed by atoms with E-state index in [4.69, 9.17) is 4.42 Å². The Hall–Kier alpha value is -3.48. The van der Waals surface area contributed by atoms with Gasteiger partial charge < -0.3 is 14.6 Å². The van der Waals surface area contributed by atoms with E-state index in [9.17, 15) is 9.59 Å². The third kappa shape index (κ3) is 4.03. The van der Waals surface area contributed by atoms with Gasteiger partial charge in [-0.2, -0.15) is 0 Å². The zero-order chi connectivity index (χ0) is 20.2. The van der Waals surface area contributed by atoms with E-state index in [0.29, 0.717) is 30.4 Å². The predicted molar refractivity (Wildman–Crippen MR) is 108 cm³/mol. The van der Waals surface area contributed by atoms with Gasteiger partial charge in [0.25, 0.3) is 0 Å². The Balaban J connectivity index is 1.42. The van der Waals surface area contributed by atoms with E-state index < -0.39 is 11.8 Å². The minimum Gasteiger partial charge on any atom is -0.421 e. The maximum Gasteiger partial charge on any atom is 0.313 e. The Kier molecular flexibility index (Phi) is 5.37. The van der Waals surface area contributed by atoms with Crippen LogP contribution in [0.5, 0.6) is 0 Å². The monoisotopic (exact) mass is 390 g/mol. The van der Waals surface area contributed by atoms with Crippen molar-refractivity contribution in [2.75, 3.05) is 11.9 Å². The molecule has 1 atom stereocenters. The SMILES string of the molecule is CCc1nnc(-c2ccc(NC(=O)C(=O)N3CCCC3c3ccccc3)cc2)o1. The first-order chi connectivity index (χ1) is 14.2. The molecule has 29 heavy (non-hydrogen) atoms. The van der Waals surface area contributed by atoms with Gasteiger partial charge in [-0.15, -0.1) is 10.2 Å². The largest absolute Gasteiger partial charge is 0.421 e. The zero-order valence-corrected chi connectivity index (χ0v) is 16.2. The molecule has 1 fully saturated rings. The van der Waals surface area contributed by atoms with E-state index in [1.807, 2.05) is 37.3 Å². The second-order valence-corrected chi connectivity index (χ2v) is 6.95. The molecule has 1 aliphatic rings. The standard InChI is InChI=1S/C22H22N4O3/c1-2-19-24-25-21(29-19)16-10-12-17(13-11-16)23-20(27)22(28)26-14-6-9-18(26)15-7-4-3-5-8-15/h3-5,7-8,10-13,18H,2,6,9,14H2,1H3,(H,23,27). The average molecular weight is 390 g/mol. The van der Waals surface area contributed by atoms with Crippen LogP contribution in [0.1, 0.15) is 37.3 Å². The molecule has 1 saturated heterocycles. The molecule has 2 aromatic carbocycles. The quantitative estimate of drug-likeness (QED) is 0.688. The van der Waals surface area contributed by atoms with E-state index in [1.165, 1.54) is 0 Å². The minimum atomic E-state index is -0.633. The van der Waals surface area contributed by atoms with Crippen LogP contribution in [-0.2, 0) is 16.0 Å². The van der Waals surface area contributed by atoms with Gasteiger partial charge in [-0.25, -0.2) is 0 Å². The number of likely N-dealkylation sites (tertiary alicyclic amines) is 1. The molecule has 0 spiro atoms. The number of aryl methyl sites for hydroxylation is 1. The highest BCUT2D eigenvalue weighted by molar-refractivity contribution is 6.39. The van der Waals surface area contributed by atoms with Crippen LogP contribution in [0.15, 0.2) is 59.0 Å². The maximum atomic E-state index is 12.7. The molecule has 1 aliphatic heterocycles. The van der Waals surface area contributed by atoms with Crippen LogP contribution >= 0.6 is 0 Å².